The number of hydrogen-bond acceptors (Lipinski definition) is 3. The highest BCUT2D eigenvalue weighted by Gasteiger charge is 2.22. The van der Waals surface area contributed by atoms with E-state index in [1.807, 2.05) is 18.2 Å². The lowest BCUT2D eigenvalue weighted by atomic mass is 10.1. The molecule has 4 rings (SSSR count). The maximum Gasteiger partial charge on any atom is 0.227 e. The molecule has 1 heterocycles. The number of carbonyl (C=O) groups excluding carboxylic acids is 1. The number of guanidine groups is 1. The van der Waals surface area contributed by atoms with E-state index in [0.717, 1.165) is 56.0 Å². The van der Waals surface area contributed by atoms with Crippen LogP contribution in [0.2, 0.25) is 0 Å². The van der Waals surface area contributed by atoms with Gasteiger partial charge in [0.2, 0.25) is 5.91 Å². The Bertz CT molecular complexity index is 967. The van der Waals surface area contributed by atoms with E-state index in [4.69, 9.17) is 0 Å². The van der Waals surface area contributed by atoms with Crippen LogP contribution in [0.3, 0.4) is 0 Å². The molecule has 34 heavy (non-hydrogen) atoms. The van der Waals surface area contributed by atoms with Gasteiger partial charge in [0, 0.05) is 44.0 Å². The fourth-order valence-corrected chi connectivity index (χ4v) is 4.83. The van der Waals surface area contributed by atoms with Gasteiger partial charge in [-0.2, -0.15) is 0 Å². The lowest BCUT2D eigenvalue weighted by Crippen LogP contribution is -2.38. The molecule has 1 saturated heterocycles. The third kappa shape index (κ3) is 7.10. The standard InChI is InChI=1S/C27H37N5O.HI/c1-20(23-12-8-14-25(18-23)32-15-5-6-16-32)30-27(28-2)29-19-21-9-7-13-24(17-21)31-26(33)22-10-3-4-11-22;/h7-9,12-14,17-18,20,22H,3-6,10-11,15-16,19H2,1-2H3,(H,31,33)(H2,28,29,30);1H. The number of halogens is 1. The Labute approximate surface area is 221 Å². The van der Waals surface area contributed by atoms with Crippen LogP contribution in [0.25, 0.3) is 0 Å². The number of nitrogens with zero attached hydrogens (tertiary/aromatic N) is 2. The molecule has 1 aliphatic heterocycles. The Morgan fingerprint density at radius 1 is 1.06 bits per heavy atom. The molecule has 3 N–H and O–H groups in total. The molecule has 184 valence electrons. The van der Waals surface area contributed by atoms with E-state index in [9.17, 15) is 4.79 Å². The van der Waals surface area contributed by atoms with Crippen LogP contribution in [0.1, 0.15) is 62.6 Å². The van der Waals surface area contributed by atoms with E-state index in [1.165, 1.54) is 24.1 Å². The van der Waals surface area contributed by atoms with Crippen molar-refractivity contribution >= 4 is 47.2 Å². The van der Waals surface area contributed by atoms with Crippen LogP contribution in [0.4, 0.5) is 11.4 Å². The minimum atomic E-state index is 0. The highest BCUT2D eigenvalue weighted by molar-refractivity contribution is 14.0. The van der Waals surface area contributed by atoms with E-state index in [2.05, 4.69) is 63.1 Å². The van der Waals surface area contributed by atoms with Crippen LogP contribution < -0.4 is 20.9 Å². The van der Waals surface area contributed by atoms with Gasteiger partial charge in [0.25, 0.3) is 0 Å². The van der Waals surface area contributed by atoms with Crippen molar-refractivity contribution in [2.75, 3.05) is 30.4 Å². The molecule has 0 aromatic heterocycles. The number of carbonyl (C=O) groups is 1. The van der Waals surface area contributed by atoms with E-state index < -0.39 is 0 Å². The minimum Gasteiger partial charge on any atom is -0.372 e. The van der Waals surface area contributed by atoms with Gasteiger partial charge >= 0.3 is 0 Å². The van der Waals surface area contributed by atoms with Gasteiger partial charge in [-0.25, -0.2) is 0 Å². The molecule has 1 amide bonds. The average molecular weight is 576 g/mol. The summed E-state index contributed by atoms with van der Waals surface area (Å²) in [5.41, 5.74) is 4.52. The first-order valence-electron chi connectivity index (χ1n) is 12.3. The van der Waals surface area contributed by atoms with Crippen molar-refractivity contribution in [1.82, 2.24) is 10.6 Å². The number of rotatable bonds is 7. The van der Waals surface area contributed by atoms with E-state index in [0.29, 0.717) is 6.54 Å². The Morgan fingerprint density at radius 3 is 2.53 bits per heavy atom. The van der Waals surface area contributed by atoms with Gasteiger partial charge in [-0.15, -0.1) is 24.0 Å². The molecular weight excluding hydrogens is 537 g/mol. The average Bonchev–Trinajstić information content (AvgIpc) is 3.57. The second kappa shape index (κ2) is 13.0. The quantitative estimate of drug-likeness (QED) is 0.233. The van der Waals surface area contributed by atoms with Crippen molar-refractivity contribution in [3.05, 3.63) is 59.7 Å². The first-order valence-corrected chi connectivity index (χ1v) is 12.3. The third-order valence-corrected chi connectivity index (χ3v) is 6.80. The van der Waals surface area contributed by atoms with Gasteiger partial charge in [-0.1, -0.05) is 37.1 Å². The lowest BCUT2D eigenvalue weighted by molar-refractivity contribution is -0.119. The summed E-state index contributed by atoms with van der Waals surface area (Å²) in [6.07, 6.45) is 6.90. The summed E-state index contributed by atoms with van der Waals surface area (Å²) in [7, 11) is 1.79. The van der Waals surface area contributed by atoms with Gasteiger partial charge in [-0.3, -0.25) is 9.79 Å². The van der Waals surface area contributed by atoms with Crippen LogP contribution >= 0.6 is 24.0 Å². The Kier molecular flexibility index (Phi) is 10.0. The summed E-state index contributed by atoms with van der Waals surface area (Å²) in [5, 5.41) is 10.0. The molecule has 0 spiro atoms. The van der Waals surface area contributed by atoms with E-state index in [1.54, 1.807) is 7.05 Å². The zero-order valence-corrected chi connectivity index (χ0v) is 22.7. The van der Waals surface area contributed by atoms with Gasteiger partial charge < -0.3 is 20.9 Å². The van der Waals surface area contributed by atoms with E-state index in [-0.39, 0.29) is 41.8 Å². The maximum atomic E-state index is 12.4. The third-order valence-electron chi connectivity index (χ3n) is 6.80. The van der Waals surface area contributed by atoms with Crippen LogP contribution in [0.15, 0.2) is 53.5 Å². The molecule has 0 radical (unpaired) electrons. The molecule has 2 aliphatic rings. The fourth-order valence-electron chi connectivity index (χ4n) is 4.83. The lowest BCUT2D eigenvalue weighted by Gasteiger charge is -2.22. The Hall–Kier alpha value is -2.29. The highest BCUT2D eigenvalue weighted by atomic mass is 127. The van der Waals surface area contributed by atoms with Gasteiger partial charge in [0.05, 0.1) is 6.04 Å². The zero-order valence-electron chi connectivity index (χ0n) is 20.3. The molecule has 7 heteroatoms. The molecule has 1 atom stereocenters. The second-order valence-corrected chi connectivity index (χ2v) is 9.25. The van der Waals surface area contributed by atoms with E-state index >= 15 is 0 Å². The number of nitrogens with one attached hydrogen (secondary N) is 3. The molecule has 1 aliphatic carbocycles. The Morgan fingerprint density at radius 2 is 1.79 bits per heavy atom. The number of aliphatic imine (C=N–C) groups is 1. The molecule has 2 aromatic rings. The number of benzene rings is 2. The molecule has 2 aromatic carbocycles. The van der Waals surface area contributed by atoms with Crippen molar-refractivity contribution in [1.29, 1.82) is 0 Å². The largest absolute Gasteiger partial charge is 0.372 e. The zero-order chi connectivity index (χ0) is 23.0. The van der Waals surface area contributed by atoms with Gasteiger partial charge in [0.15, 0.2) is 5.96 Å². The molecule has 0 bridgehead atoms. The van der Waals surface area contributed by atoms with Crippen molar-refractivity contribution in [3.8, 4) is 0 Å². The first kappa shape index (κ1) is 26.3. The SMILES string of the molecule is CN=C(NCc1cccc(NC(=O)C2CCCC2)c1)NC(C)c1cccc(N2CCCC2)c1.I. The number of amides is 1. The number of anilines is 2. The van der Waals surface area contributed by atoms with Crippen molar-refractivity contribution in [2.45, 2.75) is 58.0 Å². The maximum absolute atomic E-state index is 12.4. The summed E-state index contributed by atoms with van der Waals surface area (Å²) in [6.45, 7) is 5.09. The van der Waals surface area contributed by atoms with Crippen molar-refractivity contribution in [2.24, 2.45) is 10.9 Å². The molecule has 2 fully saturated rings. The predicted octanol–water partition coefficient (Wildman–Crippen LogP) is 5.46. The minimum absolute atomic E-state index is 0. The summed E-state index contributed by atoms with van der Waals surface area (Å²) in [4.78, 5) is 19.3. The summed E-state index contributed by atoms with van der Waals surface area (Å²) < 4.78 is 0. The number of hydrogen-bond donors (Lipinski definition) is 3. The van der Waals surface area contributed by atoms with Gasteiger partial charge in [-0.05, 0) is 68.0 Å². The van der Waals surface area contributed by atoms with Crippen molar-refractivity contribution in [3.63, 3.8) is 0 Å². The van der Waals surface area contributed by atoms with Crippen molar-refractivity contribution < 1.29 is 4.79 Å². The topological polar surface area (TPSA) is 68.8 Å². The predicted molar refractivity (Wildman–Crippen MR) is 152 cm³/mol. The van der Waals surface area contributed by atoms with Crippen LogP contribution in [0.5, 0.6) is 0 Å². The summed E-state index contributed by atoms with van der Waals surface area (Å²) >= 11 is 0. The second-order valence-electron chi connectivity index (χ2n) is 9.25. The molecular formula is C27H38IN5O. The Balaban J connectivity index is 0.00000324. The molecule has 1 saturated carbocycles. The van der Waals surface area contributed by atoms with Crippen LogP contribution in [-0.4, -0.2) is 32.0 Å². The van der Waals surface area contributed by atoms with Crippen LogP contribution in [-0.2, 0) is 11.3 Å². The fraction of sp³-hybridized carbons (Fsp3) is 0.481. The van der Waals surface area contributed by atoms with Crippen LogP contribution in [0, 0.1) is 5.92 Å². The summed E-state index contributed by atoms with van der Waals surface area (Å²) in [5.74, 6) is 1.08. The molecule has 1 unspecified atom stereocenters. The monoisotopic (exact) mass is 575 g/mol. The summed E-state index contributed by atoms with van der Waals surface area (Å²) in [6, 6.07) is 17.0. The normalized spacial score (nSPS) is 17.2. The smallest absolute Gasteiger partial charge is 0.227 e. The van der Waals surface area contributed by atoms with Gasteiger partial charge in [0.1, 0.15) is 0 Å². The highest BCUT2D eigenvalue weighted by Crippen LogP contribution is 2.26. The molecule has 6 nitrogen and oxygen atoms in total. The first-order chi connectivity index (χ1) is 16.1.